The smallest absolute Gasteiger partial charge is 0.146 e. The maximum Gasteiger partial charge on any atom is 0.146 e. The van der Waals surface area contributed by atoms with Gasteiger partial charge >= 0.3 is 0 Å². The highest BCUT2D eigenvalue weighted by Crippen LogP contribution is 2.20. The van der Waals surface area contributed by atoms with Crippen LogP contribution in [0.1, 0.15) is 13.8 Å². The molecule has 1 atom stereocenters. The van der Waals surface area contributed by atoms with Crippen molar-refractivity contribution in [2.75, 3.05) is 18.5 Å². The molecule has 0 aliphatic rings. The van der Waals surface area contributed by atoms with E-state index in [-0.39, 0.29) is 11.9 Å². The molecule has 0 saturated carbocycles. The van der Waals surface area contributed by atoms with Crippen LogP contribution in [0.5, 0.6) is 0 Å². The van der Waals surface area contributed by atoms with E-state index in [2.05, 4.69) is 21.2 Å². The Bertz CT molecular complexity index is 319. The van der Waals surface area contributed by atoms with E-state index in [0.29, 0.717) is 18.9 Å². The second kappa shape index (κ2) is 6.08. The molecule has 0 heterocycles. The van der Waals surface area contributed by atoms with Gasteiger partial charge in [0.2, 0.25) is 0 Å². The standard InChI is InChI=1S/C11H15BrFNO/c1-3-15-7-8(2)14-11-6-9(12)4-5-10(11)13/h4-6,8,14H,3,7H2,1-2H3. The molecule has 1 aromatic rings. The molecule has 1 unspecified atom stereocenters. The first-order valence-corrected chi connectivity index (χ1v) is 5.72. The van der Waals surface area contributed by atoms with Crippen molar-refractivity contribution in [1.29, 1.82) is 0 Å². The third-order valence-electron chi connectivity index (χ3n) is 1.90. The van der Waals surface area contributed by atoms with Crippen molar-refractivity contribution in [2.45, 2.75) is 19.9 Å². The van der Waals surface area contributed by atoms with Crippen molar-refractivity contribution < 1.29 is 9.13 Å². The molecule has 0 bridgehead atoms. The van der Waals surface area contributed by atoms with Gasteiger partial charge in [-0.2, -0.15) is 0 Å². The first-order chi connectivity index (χ1) is 7.13. The molecule has 0 amide bonds. The fourth-order valence-electron chi connectivity index (χ4n) is 1.21. The zero-order valence-electron chi connectivity index (χ0n) is 8.89. The molecule has 0 spiro atoms. The molecule has 84 valence electrons. The molecule has 4 heteroatoms. The van der Waals surface area contributed by atoms with Gasteiger partial charge in [0, 0.05) is 17.1 Å². The number of halogens is 2. The number of benzene rings is 1. The summed E-state index contributed by atoms with van der Waals surface area (Å²) in [7, 11) is 0. The molecule has 0 aromatic heterocycles. The molecule has 15 heavy (non-hydrogen) atoms. The van der Waals surface area contributed by atoms with Crippen molar-refractivity contribution in [3.8, 4) is 0 Å². The number of rotatable bonds is 5. The van der Waals surface area contributed by atoms with Gasteiger partial charge in [-0.3, -0.25) is 0 Å². The van der Waals surface area contributed by atoms with Gasteiger partial charge in [0.25, 0.3) is 0 Å². The highest BCUT2D eigenvalue weighted by Gasteiger charge is 2.06. The Balaban J connectivity index is 2.59. The van der Waals surface area contributed by atoms with Gasteiger partial charge in [-0.25, -0.2) is 4.39 Å². The summed E-state index contributed by atoms with van der Waals surface area (Å²) in [6.45, 7) is 5.14. The SMILES string of the molecule is CCOCC(C)Nc1cc(Br)ccc1F. The first kappa shape index (κ1) is 12.5. The van der Waals surface area contributed by atoms with Crippen LogP contribution in [-0.4, -0.2) is 19.3 Å². The van der Waals surface area contributed by atoms with E-state index in [1.807, 2.05) is 13.8 Å². The van der Waals surface area contributed by atoms with Gasteiger partial charge in [0.05, 0.1) is 12.3 Å². The van der Waals surface area contributed by atoms with Gasteiger partial charge < -0.3 is 10.1 Å². The second-order valence-electron chi connectivity index (χ2n) is 3.33. The second-order valence-corrected chi connectivity index (χ2v) is 4.24. The predicted molar refractivity (Wildman–Crippen MR) is 63.7 cm³/mol. The lowest BCUT2D eigenvalue weighted by Crippen LogP contribution is -2.22. The van der Waals surface area contributed by atoms with Crippen LogP contribution in [0.4, 0.5) is 10.1 Å². The molecular formula is C11H15BrFNO. The summed E-state index contributed by atoms with van der Waals surface area (Å²) in [5.41, 5.74) is 0.497. The maximum atomic E-state index is 13.3. The lowest BCUT2D eigenvalue weighted by atomic mass is 10.2. The lowest BCUT2D eigenvalue weighted by Gasteiger charge is -2.15. The van der Waals surface area contributed by atoms with Crippen LogP contribution in [0, 0.1) is 5.82 Å². The van der Waals surface area contributed by atoms with Crippen LogP contribution < -0.4 is 5.32 Å². The first-order valence-electron chi connectivity index (χ1n) is 4.92. The Morgan fingerprint density at radius 3 is 2.93 bits per heavy atom. The highest BCUT2D eigenvalue weighted by atomic mass is 79.9. The largest absolute Gasteiger partial charge is 0.380 e. The molecular weight excluding hydrogens is 261 g/mol. The number of hydrogen-bond donors (Lipinski definition) is 1. The molecule has 1 rings (SSSR count). The van der Waals surface area contributed by atoms with E-state index in [1.54, 1.807) is 12.1 Å². The summed E-state index contributed by atoms with van der Waals surface area (Å²) >= 11 is 3.30. The van der Waals surface area contributed by atoms with E-state index in [1.165, 1.54) is 6.07 Å². The van der Waals surface area contributed by atoms with E-state index >= 15 is 0 Å². The average molecular weight is 276 g/mol. The van der Waals surface area contributed by atoms with Gasteiger partial charge in [-0.1, -0.05) is 15.9 Å². The average Bonchev–Trinajstić information content (AvgIpc) is 2.20. The van der Waals surface area contributed by atoms with Gasteiger partial charge in [-0.05, 0) is 32.0 Å². The Morgan fingerprint density at radius 2 is 2.27 bits per heavy atom. The molecule has 1 aromatic carbocycles. The zero-order valence-corrected chi connectivity index (χ0v) is 10.5. The number of anilines is 1. The van der Waals surface area contributed by atoms with E-state index < -0.39 is 0 Å². The minimum atomic E-state index is -0.249. The predicted octanol–water partition coefficient (Wildman–Crippen LogP) is 3.43. The lowest BCUT2D eigenvalue weighted by molar-refractivity contribution is 0.141. The van der Waals surface area contributed by atoms with Crippen LogP contribution in [0.15, 0.2) is 22.7 Å². The fourth-order valence-corrected chi connectivity index (χ4v) is 1.57. The molecule has 0 aliphatic heterocycles. The molecule has 0 aliphatic carbocycles. The topological polar surface area (TPSA) is 21.3 Å². The van der Waals surface area contributed by atoms with Gasteiger partial charge in [0.15, 0.2) is 0 Å². The van der Waals surface area contributed by atoms with Crippen molar-refractivity contribution in [3.05, 3.63) is 28.5 Å². The number of hydrogen-bond acceptors (Lipinski definition) is 2. The zero-order chi connectivity index (χ0) is 11.3. The third-order valence-corrected chi connectivity index (χ3v) is 2.40. The summed E-state index contributed by atoms with van der Waals surface area (Å²) in [5.74, 6) is -0.249. The summed E-state index contributed by atoms with van der Waals surface area (Å²) in [6.07, 6.45) is 0. The Labute approximate surface area is 98.0 Å². The fraction of sp³-hybridized carbons (Fsp3) is 0.455. The minimum absolute atomic E-state index is 0.0914. The normalized spacial score (nSPS) is 12.5. The Hall–Kier alpha value is -0.610. The van der Waals surface area contributed by atoms with Crippen molar-refractivity contribution in [2.24, 2.45) is 0 Å². The highest BCUT2D eigenvalue weighted by molar-refractivity contribution is 9.10. The van der Waals surface area contributed by atoms with E-state index in [4.69, 9.17) is 4.74 Å². The molecule has 0 radical (unpaired) electrons. The monoisotopic (exact) mass is 275 g/mol. The summed E-state index contributed by atoms with van der Waals surface area (Å²) < 4.78 is 19.4. The van der Waals surface area contributed by atoms with Crippen LogP contribution in [0.25, 0.3) is 0 Å². The van der Waals surface area contributed by atoms with Crippen molar-refractivity contribution >= 4 is 21.6 Å². The Morgan fingerprint density at radius 1 is 1.53 bits per heavy atom. The van der Waals surface area contributed by atoms with E-state index in [0.717, 1.165) is 4.47 Å². The molecule has 0 saturated heterocycles. The quantitative estimate of drug-likeness (QED) is 0.889. The van der Waals surface area contributed by atoms with Gasteiger partial charge in [-0.15, -0.1) is 0 Å². The van der Waals surface area contributed by atoms with Crippen LogP contribution in [0.2, 0.25) is 0 Å². The number of nitrogens with one attached hydrogen (secondary N) is 1. The molecule has 0 fully saturated rings. The van der Waals surface area contributed by atoms with Crippen LogP contribution in [0.3, 0.4) is 0 Å². The van der Waals surface area contributed by atoms with Crippen LogP contribution >= 0.6 is 15.9 Å². The third kappa shape index (κ3) is 4.18. The summed E-state index contributed by atoms with van der Waals surface area (Å²) in [4.78, 5) is 0. The molecule has 1 N–H and O–H groups in total. The van der Waals surface area contributed by atoms with Crippen molar-refractivity contribution in [1.82, 2.24) is 0 Å². The molecule has 2 nitrogen and oxygen atoms in total. The summed E-state index contributed by atoms with van der Waals surface area (Å²) in [6, 6.07) is 4.92. The van der Waals surface area contributed by atoms with Crippen LogP contribution in [-0.2, 0) is 4.74 Å². The number of ether oxygens (including phenoxy) is 1. The Kier molecular flexibility index (Phi) is 5.05. The van der Waals surface area contributed by atoms with Crippen molar-refractivity contribution in [3.63, 3.8) is 0 Å². The van der Waals surface area contributed by atoms with Gasteiger partial charge in [0.1, 0.15) is 5.82 Å². The summed E-state index contributed by atoms with van der Waals surface area (Å²) in [5, 5.41) is 3.06. The minimum Gasteiger partial charge on any atom is -0.380 e. The van der Waals surface area contributed by atoms with E-state index in [9.17, 15) is 4.39 Å². The maximum absolute atomic E-state index is 13.3.